The van der Waals surface area contributed by atoms with Crippen LogP contribution in [0.15, 0.2) is 24.3 Å². The van der Waals surface area contributed by atoms with Crippen LogP contribution >= 0.6 is 0 Å². The van der Waals surface area contributed by atoms with Crippen molar-refractivity contribution in [1.29, 1.82) is 0 Å². The van der Waals surface area contributed by atoms with Crippen LogP contribution in [-0.4, -0.2) is 28.5 Å². The van der Waals surface area contributed by atoms with Crippen molar-refractivity contribution in [2.45, 2.75) is 0 Å². The number of rotatable bonds is 3. The van der Waals surface area contributed by atoms with Crippen molar-refractivity contribution in [1.82, 2.24) is 0 Å². The molecule has 0 saturated heterocycles. The Morgan fingerprint density at radius 1 is 1.50 bits per heavy atom. The molecule has 1 aromatic rings. The van der Waals surface area contributed by atoms with Crippen molar-refractivity contribution >= 4 is 17.4 Å². The fourth-order valence-electron chi connectivity index (χ4n) is 1.13. The highest BCUT2D eigenvalue weighted by Crippen LogP contribution is 2.18. The highest BCUT2D eigenvalue weighted by Gasteiger charge is 2.30. The first kappa shape index (κ1) is 11.5. The Kier molecular flexibility index (Phi) is 3.47. The minimum absolute atomic E-state index is 0.0955. The first-order valence-electron chi connectivity index (χ1n) is 4.16. The van der Waals surface area contributed by atoms with E-state index in [-0.39, 0.29) is 11.3 Å². The van der Waals surface area contributed by atoms with Gasteiger partial charge in [-0.1, -0.05) is 12.1 Å². The van der Waals surface area contributed by atoms with Gasteiger partial charge in [0.2, 0.25) is 0 Å². The van der Waals surface area contributed by atoms with Gasteiger partial charge in [-0.15, -0.1) is 0 Å². The van der Waals surface area contributed by atoms with Crippen molar-refractivity contribution in [2.24, 2.45) is 0 Å². The van der Waals surface area contributed by atoms with E-state index in [0.717, 1.165) is 7.11 Å². The van der Waals surface area contributed by atoms with Gasteiger partial charge >= 0.3 is 11.7 Å². The summed E-state index contributed by atoms with van der Waals surface area (Å²) in [6.07, 6.45) is 0. The van der Waals surface area contributed by atoms with Crippen LogP contribution in [-0.2, 0) is 9.53 Å². The largest absolute Gasteiger partial charge is 0.460 e. The van der Waals surface area contributed by atoms with E-state index in [4.69, 9.17) is 5.53 Å². The van der Waals surface area contributed by atoms with Crippen LogP contribution in [0.4, 0.5) is 5.69 Å². The zero-order valence-corrected chi connectivity index (χ0v) is 8.28. The lowest BCUT2D eigenvalue weighted by Gasteiger charge is -1.97. The Morgan fingerprint density at radius 2 is 2.12 bits per heavy atom. The van der Waals surface area contributed by atoms with E-state index in [1.165, 1.54) is 24.3 Å². The summed E-state index contributed by atoms with van der Waals surface area (Å²) in [6.45, 7) is 0. The molecule has 0 aliphatic rings. The Bertz CT molecular complexity index is 491. The van der Waals surface area contributed by atoms with E-state index in [1.54, 1.807) is 0 Å². The van der Waals surface area contributed by atoms with E-state index in [2.05, 4.69) is 9.53 Å². The van der Waals surface area contributed by atoms with Crippen LogP contribution < -0.4 is 0 Å². The van der Waals surface area contributed by atoms with Crippen molar-refractivity contribution in [3.8, 4) is 0 Å². The minimum atomic E-state index is -0.947. The van der Waals surface area contributed by atoms with E-state index in [9.17, 15) is 14.9 Å². The van der Waals surface area contributed by atoms with Gasteiger partial charge in [-0.25, -0.2) is 4.79 Å². The maximum absolute atomic E-state index is 11.2. The molecular weight excluding hydrogens is 214 g/mol. The molecule has 1 rings (SSSR count). The lowest BCUT2D eigenvalue weighted by atomic mass is 10.1. The van der Waals surface area contributed by atoms with E-state index in [1.807, 2.05) is 0 Å². The predicted octanol–water partition coefficient (Wildman–Crippen LogP) is 0.787. The Balaban J connectivity index is 3.37. The Hall–Kier alpha value is -2.53. The highest BCUT2D eigenvalue weighted by molar-refractivity contribution is 6.41. The molecule has 0 atom stereocenters. The van der Waals surface area contributed by atoms with E-state index in [0.29, 0.717) is 0 Å². The molecule has 0 N–H and O–H groups in total. The number of methoxy groups -OCH3 is 1. The molecule has 0 amide bonds. The quantitative estimate of drug-likeness (QED) is 0.188. The van der Waals surface area contributed by atoms with Crippen LogP contribution in [0.3, 0.4) is 0 Å². The second kappa shape index (κ2) is 4.81. The zero-order chi connectivity index (χ0) is 12.1. The molecule has 16 heavy (non-hydrogen) atoms. The number of esters is 1. The van der Waals surface area contributed by atoms with Gasteiger partial charge in [0.05, 0.1) is 12.0 Å². The standard InChI is InChI=1S/C9H7N3O4/c1-16-9(13)8(11-10)6-4-2-3-5-7(6)12(14)15/h2-5H,1H3. The summed E-state index contributed by atoms with van der Waals surface area (Å²) in [6, 6.07) is 5.41. The van der Waals surface area contributed by atoms with Crippen molar-refractivity contribution in [2.75, 3.05) is 7.11 Å². The third-order valence-electron chi connectivity index (χ3n) is 1.83. The van der Waals surface area contributed by atoms with Gasteiger partial charge in [0.1, 0.15) is 5.56 Å². The maximum Gasteiger partial charge on any atom is 0.422 e. The van der Waals surface area contributed by atoms with Crippen molar-refractivity contribution in [3.05, 3.63) is 45.5 Å². The second-order valence-corrected chi connectivity index (χ2v) is 2.71. The Labute approximate surface area is 90.0 Å². The number of nitro groups is 1. The van der Waals surface area contributed by atoms with Gasteiger partial charge in [0.15, 0.2) is 0 Å². The number of para-hydroxylation sites is 1. The number of carbonyl (C=O) groups is 1. The summed E-state index contributed by atoms with van der Waals surface area (Å²) < 4.78 is 4.34. The average Bonchev–Trinajstić information content (AvgIpc) is 2.30. The minimum Gasteiger partial charge on any atom is -0.460 e. The zero-order valence-electron chi connectivity index (χ0n) is 8.28. The third-order valence-corrected chi connectivity index (χ3v) is 1.83. The van der Waals surface area contributed by atoms with Crippen LogP contribution in [0.25, 0.3) is 5.53 Å². The average molecular weight is 221 g/mol. The first-order valence-corrected chi connectivity index (χ1v) is 4.16. The van der Waals surface area contributed by atoms with Crippen LogP contribution in [0, 0.1) is 10.1 Å². The molecule has 0 fully saturated rings. The first-order chi connectivity index (χ1) is 7.61. The Morgan fingerprint density at radius 3 is 2.62 bits per heavy atom. The molecule has 82 valence electrons. The van der Waals surface area contributed by atoms with Crippen molar-refractivity contribution < 1.29 is 19.2 Å². The molecule has 0 radical (unpaired) electrons. The summed E-state index contributed by atoms with van der Waals surface area (Å²) in [4.78, 5) is 23.9. The van der Waals surface area contributed by atoms with Gasteiger partial charge < -0.3 is 10.3 Å². The molecular formula is C9H7N3O4. The van der Waals surface area contributed by atoms with Gasteiger partial charge in [0, 0.05) is 6.07 Å². The summed E-state index contributed by atoms with van der Waals surface area (Å²) >= 11 is 0. The fourth-order valence-corrected chi connectivity index (χ4v) is 1.13. The molecule has 0 unspecified atom stereocenters. The third kappa shape index (κ3) is 2.10. The summed E-state index contributed by atoms with van der Waals surface area (Å²) in [5, 5.41) is 10.7. The number of hydrogen-bond acceptors (Lipinski definition) is 4. The van der Waals surface area contributed by atoms with Crippen molar-refractivity contribution in [3.63, 3.8) is 0 Å². The van der Waals surface area contributed by atoms with Gasteiger partial charge in [-0.3, -0.25) is 10.1 Å². The lowest BCUT2D eigenvalue weighted by Crippen LogP contribution is -2.19. The maximum atomic E-state index is 11.2. The van der Waals surface area contributed by atoms with E-state index >= 15 is 0 Å². The monoisotopic (exact) mass is 221 g/mol. The normalized spacial score (nSPS) is 9.06. The van der Waals surface area contributed by atoms with Gasteiger partial charge in [-0.05, 0) is 6.07 Å². The fraction of sp³-hybridized carbons (Fsp3) is 0.111. The molecule has 0 spiro atoms. The molecule has 0 aliphatic carbocycles. The summed E-state index contributed by atoms with van der Waals surface area (Å²) in [5.41, 5.74) is 7.72. The summed E-state index contributed by atoms with van der Waals surface area (Å²) in [7, 11) is 1.09. The van der Waals surface area contributed by atoms with Crippen LogP contribution in [0.1, 0.15) is 5.56 Å². The number of nitrogens with zero attached hydrogens (tertiary/aromatic N) is 3. The topological polar surface area (TPSA) is 106 Å². The van der Waals surface area contributed by atoms with Crippen LogP contribution in [0.5, 0.6) is 0 Å². The SMILES string of the molecule is COC(=O)C(=[N+]=[N-])c1ccccc1[N+](=O)[O-]. The molecule has 0 bridgehead atoms. The number of benzene rings is 1. The predicted molar refractivity (Wildman–Crippen MR) is 52.8 cm³/mol. The van der Waals surface area contributed by atoms with Gasteiger partial charge in [-0.2, -0.15) is 4.79 Å². The summed E-state index contributed by atoms with van der Waals surface area (Å²) in [5.74, 6) is -0.947. The molecule has 0 heterocycles. The van der Waals surface area contributed by atoms with E-state index < -0.39 is 16.6 Å². The number of nitro benzene ring substituents is 1. The molecule has 0 aliphatic heterocycles. The van der Waals surface area contributed by atoms with Gasteiger partial charge in [0.25, 0.3) is 5.69 Å². The smallest absolute Gasteiger partial charge is 0.422 e. The molecule has 7 nitrogen and oxygen atoms in total. The van der Waals surface area contributed by atoms with Crippen LogP contribution in [0.2, 0.25) is 0 Å². The molecule has 1 aromatic carbocycles. The molecule has 0 saturated carbocycles. The highest BCUT2D eigenvalue weighted by atomic mass is 16.6. The number of ether oxygens (including phenoxy) is 1. The lowest BCUT2D eigenvalue weighted by molar-refractivity contribution is -0.385. The number of carbonyl (C=O) groups excluding carboxylic acids is 1. The molecule has 7 heteroatoms. The number of hydrogen-bond donors (Lipinski definition) is 0. The molecule has 0 aromatic heterocycles. The second-order valence-electron chi connectivity index (χ2n) is 2.71.